The topological polar surface area (TPSA) is 42.2 Å². The molecule has 3 heteroatoms. The van der Waals surface area contributed by atoms with Crippen molar-refractivity contribution in [3.05, 3.63) is 36.0 Å². The Bertz CT molecular complexity index is 610. The molecule has 1 N–H and O–H groups in total. The number of carboxylic acid groups (broad SMARTS) is 1. The minimum Gasteiger partial charge on any atom is -0.481 e. The highest BCUT2D eigenvalue weighted by Gasteiger charge is 2.23. The van der Waals surface area contributed by atoms with Crippen molar-refractivity contribution in [1.82, 2.24) is 4.57 Å². The van der Waals surface area contributed by atoms with Crippen LogP contribution in [0.1, 0.15) is 25.3 Å². The lowest BCUT2D eigenvalue weighted by molar-refractivity contribution is -0.141. The van der Waals surface area contributed by atoms with E-state index < -0.39 is 5.97 Å². The molecule has 1 aliphatic carbocycles. The van der Waals surface area contributed by atoms with Gasteiger partial charge in [-0.25, -0.2) is 0 Å². The van der Waals surface area contributed by atoms with E-state index in [1.165, 1.54) is 23.7 Å². The van der Waals surface area contributed by atoms with Gasteiger partial charge in [-0.1, -0.05) is 25.1 Å². The molecule has 1 aromatic heterocycles. The predicted molar refractivity (Wildman–Crippen MR) is 75.2 cm³/mol. The van der Waals surface area contributed by atoms with Crippen molar-refractivity contribution in [2.45, 2.75) is 32.7 Å². The molecule has 3 rings (SSSR count). The van der Waals surface area contributed by atoms with Gasteiger partial charge in [-0.2, -0.15) is 0 Å². The van der Waals surface area contributed by atoms with Crippen LogP contribution >= 0.6 is 0 Å². The zero-order valence-electron chi connectivity index (χ0n) is 11.2. The lowest BCUT2D eigenvalue weighted by atomic mass is 10.0. The molecule has 1 aromatic carbocycles. The van der Waals surface area contributed by atoms with Crippen molar-refractivity contribution in [2.24, 2.45) is 11.8 Å². The fourth-order valence-corrected chi connectivity index (χ4v) is 2.63. The average molecular weight is 257 g/mol. The van der Waals surface area contributed by atoms with E-state index in [0.29, 0.717) is 6.42 Å². The second kappa shape index (κ2) is 4.72. The number of rotatable bonds is 5. The maximum Gasteiger partial charge on any atom is 0.306 e. The minimum atomic E-state index is -0.723. The Morgan fingerprint density at radius 1 is 1.42 bits per heavy atom. The van der Waals surface area contributed by atoms with Crippen LogP contribution in [0.3, 0.4) is 0 Å². The Kier molecular flexibility index (Phi) is 3.05. The summed E-state index contributed by atoms with van der Waals surface area (Å²) in [6, 6.07) is 8.31. The van der Waals surface area contributed by atoms with Crippen LogP contribution in [0.25, 0.3) is 10.9 Å². The molecule has 0 aliphatic heterocycles. The fraction of sp³-hybridized carbons (Fsp3) is 0.438. The standard InChI is InChI=1S/C16H19NO2/c1-11(16(18)19)8-13-10-17(9-12-6-7-12)15-5-3-2-4-14(13)15/h2-5,10-12H,6-9H2,1H3,(H,18,19). The number of aliphatic carboxylic acids is 1. The second-order valence-electron chi connectivity index (χ2n) is 5.71. The molecule has 100 valence electrons. The van der Waals surface area contributed by atoms with Crippen molar-refractivity contribution in [3.63, 3.8) is 0 Å². The average Bonchev–Trinajstić information content (AvgIpc) is 3.14. The molecule has 1 saturated carbocycles. The Morgan fingerprint density at radius 3 is 2.84 bits per heavy atom. The van der Waals surface area contributed by atoms with Gasteiger partial charge in [0.1, 0.15) is 0 Å². The summed E-state index contributed by atoms with van der Waals surface area (Å²) in [7, 11) is 0. The van der Waals surface area contributed by atoms with Gasteiger partial charge in [0.2, 0.25) is 0 Å². The van der Waals surface area contributed by atoms with E-state index in [-0.39, 0.29) is 5.92 Å². The van der Waals surface area contributed by atoms with Crippen molar-refractivity contribution < 1.29 is 9.90 Å². The summed E-state index contributed by atoms with van der Waals surface area (Å²) in [5, 5.41) is 10.3. The Hall–Kier alpha value is -1.77. The van der Waals surface area contributed by atoms with Crippen molar-refractivity contribution >= 4 is 16.9 Å². The van der Waals surface area contributed by atoms with Crippen LogP contribution in [0.5, 0.6) is 0 Å². The molecule has 1 aliphatic rings. The van der Waals surface area contributed by atoms with Crippen LogP contribution < -0.4 is 0 Å². The van der Waals surface area contributed by atoms with Gasteiger partial charge in [-0.15, -0.1) is 0 Å². The summed E-state index contributed by atoms with van der Waals surface area (Å²) in [6.07, 6.45) is 5.41. The highest BCUT2D eigenvalue weighted by Crippen LogP contribution is 2.33. The van der Waals surface area contributed by atoms with E-state index in [4.69, 9.17) is 5.11 Å². The summed E-state index contributed by atoms with van der Waals surface area (Å²) >= 11 is 0. The van der Waals surface area contributed by atoms with Crippen LogP contribution in [0, 0.1) is 11.8 Å². The van der Waals surface area contributed by atoms with Crippen LogP contribution in [0.2, 0.25) is 0 Å². The Morgan fingerprint density at radius 2 is 2.16 bits per heavy atom. The van der Waals surface area contributed by atoms with Crippen LogP contribution in [0.4, 0.5) is 0 Å². The van der Waals surface area contributed by atoms with E-state index in [9.17, 15) is 4.79 Å². The van der Waals surface area contributed by atoms with Gasteiger partial charge in [0.25, 0.3) is 0 Å². The summed E-state index contributed by atoms with van der Waals surface area (Å²) in [5.41, 5.74) is 2.40. The first kappa shape index (κ1) is 12.3. The number of para-hydroxylation sites is 1. The lowest BCUT2D eigenvalue weighted by Gasteiger charge is -2.04. The Balaban J connectivity index is 1.96. The van der Waals surface area contributed by atoms with E-state index in [1.807, 2.05) is 6.07 Å². The number of nitrogens with zero attached hydrogens (tertiary/aromatic N) is 1. The largest absolute Gasteiger partial charge is 0.481 e. The molecule has 3 nitrogen and oxygen atoms in total. The third kappa shape index (κ3) is 2.50. The van der Waals surface area contributed by atoms with Gasteiger partial charge < -0.3 is 9.67 Å². The molecule has 0 spiro atoms. The SMILES string of the molecule is CC(Cc1cn(CC2CC2)c2ccccc12)C(=O)O. The maximum atomic E-state index is 11.0. The summed E-state index contributed by atoms with van der Waals surface area (Å²) in [6.45, 7) is 2.84. The van der Waals surface area contributed by atoms with Crippen LogP contribution in [-0.4, -0.2) is 15.6 Å². The van der Waals surface area contributed by atoms with E-state index >= 15 is 0 Å². The lowest BCUT2D eigenvalue weighted by Crippen LogP contribution is -2.12. The molecular weight excluding hydrogens is 238 g/mol. The first-order valence-corrected chi connectivity index (χ1v) is 6.94. The highest BCUT2D eigenvalue weighted by molar-refractivity contribution is 5.84. The summed E-state index contributed by atoms with van der Waals surface area (Å²) in [4.78, 5) is 11.0. The zero-order chi connectivity index (χ0) is 13.4. The summed E-state index contributed by atoms with van der Waals surface area (Å²) < 4.78 is 2.30. The third-order valence-electron chi connectivity index (χ3n) is 3.97. The normalized spacial score (nSPS) is 16.7. The number of hydrogen-bond donors (Lipinski definition) is 1. The van der Waals surface area contributed by atoms with Gasteiger partial charge in [-0.05, 0) is 36.8 Å². The maximum absolute atomic E-state index is 11.0. The first-order chi connectivity index (χ1) is 9.15. The molecular formula is C16H19NO2. The van der Waals surface area contributed by atoms with Gasteiger partial charge >= 0.3 is 5.97 Å². The molecule has 1 atom stereocenters. The highest BCUT2D eigenvalue weighted by atomic mass is 16.4. The Labute approximate surface area is 112 Å². The molecule has 0 radical (unpaired) electrons. The molecule has 0 bridgehead atoms. The van der Waals surface area contributed by atoms with Crippen molar-refractivity contribution in [1.29, 1.82) is 0 Å². The molecule has 0 amide bonds. The number of fused-ring (bicyclic) bond motifs is 1. The van der Waals surface area contributed by atoms with E-state index in [2.05, 4.69) is 29.0 Å². The van der Waals surface area contributed by atoms with Gasteiger partial charge in [0, 0.05) is 23.6 Å². The van der Waals surface area contributed by atoms with E-state index in [1.54, 1.807) is 6.92 Å². The first-order valence-electron chi connectivity index (χ1n) is 6.94. The predicted octanol–water partition coefficient (Wildman–Crippen LogP) is 3.31. The number of aromatic nitrogens is 1. The van der Waals surface area contributed by atoms with Gasteiger partial charge in [0.15, 0.2) is 0 Å². The molecule has 1 heterocycles. The van der Waals surface area contributed by atoms with Crippen LogP contribution in [-0.2, 0) is 17.8 Å². The number of carboxylic acids is 1. The van der Waals surface area contributed by atoms with Crippen molar-refractivity contribution in [3.8, 4) is 0 Å². The number of hydrogen-bond acceptors (Lipinski definition) is 1. The van der Waals surface area contributed by atoms with Crippen molar-refractivity contribution in [2.75, 3.05) is 0 Å². The fourth-order valence-electron chi connectivity index (χ4n) is 2.63. The van der Waals surface area contributed by atoms with Gasteiger partial charge in [-0.3, -0.25) is 4.79 Å². The van der Waals surface area contributed by atoms with E-state index in [0.717, 1.165) is 18.0 Å². The molecule has 0 saturated heterocycles. The van der Waals surface area contributed by atoms with Crippen LogP contribution in [0.15, 0.2) is 30.5 Å². The number of carbonyl (C=O) groups is 1. The summed E-state index contributed by atoms with van der Waals surface area (Å²) in [5.74, 6) is -0.236. The smallest absolute Gasteiger partial charge is 0.306 e. The third-order valence-corrected chi connectivity index (χ3v) is 3.97. The minimum absolute atomic E-state index is 0.333. The van der Waals surface area contributed by atoms with Gasteiger partial charge in [0.05, 0.1) is 5.92 Å². The second-order valence-corrected chi connectivity index (χ2v) is 5.71. The number of benzene rings is 1. The zero-order valence-corrected chi connectivity index (χ0v) is 11.2. The molecule has 1 unspecified atom stereocenters. The monoisotopic (exact) mass is 257 g/mol. The molecule has 2 aromatic rings. The molecule has 1 fully saturated rings. The quantitative estimate of drug-likeness (QED) is 0.892. The molecule has 19 heavy (non-hydrogen) atoms.